The Morgan fingerprint density at radius 3 is 2.89 bits per heavy atom. The second kappa shape index (κ2) is 4.94. The Balaban J connectivity index is 1.95. The Morgan fingerprint density at radius 1 is 1.56 bits per heavy atom. The lowest BCUT2D eigenvalue weighted by atomic mass is 10.1. The Hall–Kier alpha value is -1.61. The summed E-state index contributed by atoms with van der Waals surface area (Å²) in [4.78, 5) is 25.1. The van der Waals surface area contributed by atoms with Crippen molar-refractivity contribution >= 4 is 11.8 Å². The van der Waals surface area contributed by atoms with Crippen molar-refractivity contribution in [1.29, 1.82) is 5.26 Å². The van der Waals surface area contributed by atoms with E-state index in [2.05, 4.69) is 11.4 Å². The molecule has 2 aliphatic rings. The first-order chi connectivity index (χ1) is 8.60. The first-order valence-corrected chi connectivity index (χ1v) is 6.27. The quantitative estimate of drug-likeness (QED) is 0.685. The predicted molar refractivity (Wildman–Crippen MR) is 64.0 cm³/mol. The number of hydrogen-bond donors (Lipinski definition) is 2. The van der Waals surface area contributed by atoms with Gasteiger partial charge in [0.15, 0.2) is 0 Å². The van der Waals surface area contributed by atoms with Crippen LogP contribution in [-0.4, -0.2) is 42.4 Å². The minimum atomic E-state index is -0.652. The summed E-state index contributed by atoms with van der Waals surface area (Å²) in [6, 6.07) is 1.13. The molecule has 2 rings (SSSR count). The molecule has 2 amide bonds. The van der Waals surface area contributed by atoms with Gasteiger partial charge in [-0.3, -0.25) is 9.59 Å². The maximum Gasteiger partial charge on any atom is 0.240 e. The van der Waals surface area contributed by atoms with Gasteiger partial charge in [0.1, 0.15) is 6.04 Å². The second-order valence-corrected chi connectivity index (χ2v) is 4.96. The van der Waals surface area contributed by atoms with E-state index in [0.29, 0.717) is 13.0 Å². The van der Waals surface area contributed by atoms with E-state index in [0.717, 1.165) is 12.8 Å². The molecule has 1 saturated heterocycles. The van der Waals surface area contributed by atoms with E-state index in [1.165, 1.54) is 0 Å². The lowest BCUT2D eigenvalue weighted by Gasteiger charge is -2.23. The zero-order valence-corrected chi connectivity index (χ0v) is 10.4. The maximum absolute atomic E-state index is 12.2. The molecule has 4 atom stereocenters. The van der Waals surface area contributed by atoms with Crippen LogP contribution in [0, 0.1) is 23.2 Å². The molecule has 0 spiro atoms. The Kier molecular flexibility index (Phi) is 3.53. The molecule has 0 bridgehead atoms. The molecule has 0 radical (unpaired) electrons. The van der Waals surface area contributed by atoms with Crippen LogP contribution < -0.4 is 11.1 Å². The fraction of sp³-hybridized carbons (Fsp3) is 0.750. The van der Waals surface area contributed by atoms with Crippen LogP contribution in [0.3, 0.4) is 0 Å². The molecule has 6 heteroatoms. The number of carbonyl (C=O) groups excluding carboxylic acids is 2. The van der Waals surface area contributed by atoms with Crippen molar-refractivity contribution in [2.45, 2.75) is 31.3 Å². The molecule has 1 saturated carbocycles. The van der Waals surface area contributed by atoms with E-state index >= 15 is 0 Å². The monoisotopic (exact) mass is 250 g/mol. The topological polar surface area (TPSA) is 99.2 Å². The highest BCUT2D eigenvalue weighted by Gasteiger charge is 2.50. The average Bonchev–Trinajstić information content (AvgIpc) is 3.05. The van der Waals surface area contributed by atoms with E-state index in [1.54, 1.807) is 11.9 Å². The van der Waals surface area contributed by atoms with Crippen LogP contribution in [0.25, 0.3) is 0 Å². The minimum absolute atomic E-state index is 0.0542. The number of carbonyl (C=O) groups is 2. The highest BCUT2D eigenvalue weighted by molar-refractivity contribution is 5.87. The van der Waals surface area contributed by atoms with Gasteiger partial charge < -0.3 is 16.0 Å². The third-order valence-corrected chi connectivity index (χ3v) is 3.85. The zero-order valence-electron chi connectivity index (χ0n) is 10.4. The van der Waals surface area contributed by atoms with Crippen LogP contribution in [0.15, 0.2) is 0 Å². The number of nitrogens with zero attached hydrogens (tertiary/aromatic N) is 2. The van der Waals surface area contributed by atoms with Crippen LogP contribution in [0.1, 0.15) is 19.3 Å². The molecule has 0 unspecified atom stereocenters. The van der Waals surface area contributed by atoms with Crippen LogP contribution in [-0.2, 0) is 9.59 Å². The van der Waals surface area contributed by atoms with Crippen LogP contribution in [0.4, 0.5) is 0 Å². The molecule has 98 valence electrons. The standard InChI is InChI=1S/C12H18N4O2/c1-15-11(17)9-5-8(9)10(14)12(18)16-4-2-3-7(16)6-13/h7-10H,2-5,14H2,1H3,(H,15,17)/t7-,8-,9+,10+/m0/s1. The summed E-state index contributed by atoms with van der Waals surface area (Å²) >= 11 is 0. The molecule has 0 aromatic carbocycles. The lowest BCUT2D eigenvalue weighted by molar-refractivity contribution is -0.133. The van der Waals surface area contributed by atoms with Crippen molar-refractivity contribution in [2.75, 3.05) is 13.6 Å². The lowest BCUT2D eigenvalue weighted by Crippen LogP contribution is -2.47. The first kappa shape index (κ1) is 12.8. The van der Waals surface area contributed by atoms with Crippen molar-refractivity contribution < 1.29 is 9.59 Å². The third kappa shape index (κ3) is 2.18. The normalized spacial score (nSPS) is 31.6. The van der Waals surface area contributed by atoms with E-state index in [4.69, 9.17) is 11.0 Å². The summed E-state index contributed by atoms with van der Waals surface area (Å²) in [5.74, 6) is -0.452. The Bertz CT molecular complexity index is 403. The molecule has 0 aromatic rings. The van der Waals surface area contributed by atoms with Crippen LogP contribution in [0.5, 0.6) is 0 Å². The molecule has 6 nitrogen and oxygen atoms in total. The fourth-order valence-electron chi connectivity index (χ4n) is 2.64. The summed E-state index contributed by atoms with van der Waals surface area (Å²) in [5, 5.41) is 11.5. The largest absolute Gasteiger partial charge is 0.359 e. The van der Waals surface area contributed by atoms with Gasteiger partial charge in [-0.2, -0.15) is 5.26 Å². The molecule has 1 aliphatic heterocycles. The van der Waals surface area contributed by atoms with E-state index in [1.807, 2.05) is 0 Å². The molecule has 0 aromatic heterocycles. The summed E-state index contributed by atoms with van der Waals surface area (Å²) in [6.07, 6.45) is 2.23. The average molecular weight is 250 g/mol. The van der Waals surface area contributed by atoms with E-state index < -0.39 is 6.04 Å². The van der Waals surface area contributed by atoms with Gasteiger partial charge in [0.05, 0.1) is 12.1 Å². The van der Waals surface area contributed by atoms with Gasteiger partial charge in [-0.25, -0.2) is 0 Å². The molecular formula is C12H18N4O2. The van der Waals surface area contributed by atoms with Crippen LogP contribution in [0.2, 0.25) is 0 Å². The number of hydrogen-bond acceptors (Lipinski definition) is 4. The molecule has 18 heavy (non-hydrogen) atoms. The van der Waals surface area contributed by atoms with Crippen molar-refractivity contribution in [3.8, 4) is 6.07 Å². The number of nitriles is 1. The van der Waals surface area contributed by atoms with Crippen LogP contribution >= 0.6 is 0 Å². The number of nitrogens with one attached hydrogen (secondary N) is 1. The molecular weight excluding hydrogens is 232 g/mol. The van der Waals surface area contributed by atoms with Crippen molar-refractivity contribution in [2.24, 2.45) is 17.6 Å². The summed E-state index contributed by atoms with van der Waals surface area (Å²) in [5.41, 5.74) is 5.92. The van der Waals surface area contributed by atoms with Gasteiger partial charge in [0.2, 0.25) is 11.8 Å². The summed E-state index contributed by atoms with van der Waals surface area (Å²) < 4.78 is 0. The second-order valence-electron chi connectivity index (χ2n) is 4.96. The van der Waals surface area contributed by atoms with Gasteiger partial charge >= 0.3 is 0 Å². The number of likely N-dealkylation sites (tertiary alicyclic amines) is 1. The SMILES string of the molecule is CNC(=O)[C@@H]1C[C@@H]1[C@@H](N)C(=O)N1CCC[C@H]1C#N. The van der Waals surface area contributed by atoms with Crippen molar-refractivity contribution in [3.05, 3.63) is 0 Å². The summed E-state index contributed by atoms with van der Waals surface area (Å²) in [6.45, 7) is 0.599. The summed E-state index contributed by atoms with van der Waals surface area (Å²) in [7, 11) is 1.58. The molecule has 1 aliphatic carbocycles. The highest BCUT2D eigenvalue weighted by Crippen LogP contribution is 2.41. The third-order valence-electron chi connectivity index (χ3n) is 3.85. The maximum atomic E-state index is 12.2. The Morgan fingerprint density at radius 2 is 2.28 bits per heavy atom. The minimum Gasteiger partial charge on any atom is -0.359 e. The van der Waals surface area contributed by atoms with E-state index in [9.17, 15) is 9.59 Å². The number of amides is 2. The zero-order chi connectivity index (χ0) is 13.3. The predicted octanol–water partition coefficient (Wildman–Crippen LogP) is -0.790. The first-order valence-electron chi connectivity index (χ1n) is 6.27. The van der Waals surface area contributed by atoms with Gasteiger partial charge in [0.25, 0.3) is 0 Å². The molecule has 2 fully saturated rings. The van der Waals surface area contributed by atoms with E-state index in [-0.39, 0.29) is 29.7 Å². The highest BCUT2D eigenvalue weighted by atomic mass is 16.2. The molecule has 3 N–H and O–H groups in total. The smallest absolute Gasteiger partial charge is 0.240 e. The van der Waals surface area contributed by atoms with Gasteiger partial charge in [0, 0.05) is 19.5 Å². The number of nitrogens with two attached hydrogens (primary N) is 1. The van der Waals surface area contributed by atoms with Gasteiger partial charge in [-0.05, 0) is 25.2 Å². The molecule has 1 heterocycles. The van der Waals surface area contributed by atoms with Crippen molar-refractivity contribution in [3.63, 3.8) is 0 Å². The Labute approximate surface area is 106 Å². The fourth-order valence-corrected chi connectivity index (χ4v) is 2.64. The van der Waals surface area contributed by atoms with Crippen molar-refractivity contribution in [1.82, 2.24) is 10.2 Å². The number of rotatable bonds is 3. The van der Waals surface area contributed by atoms with Gasteiger partial charge in [-0.1, -0.05) is 0 Å². The van der Waals surface area contributed by atoms with Gasteiger partial charge in [-0.15, -0.1) is 0 Å².